The summed E-state index contributed by atoms with van der Waals surface area (Å²) >= 11 is 6.10. The molecule has 1 unspecified atom stereocenters. The van der Waals surface area contributed by atoms with Crippen LogP contribution in [0.1, 0.15) is 12.5 Å². The van der Waals surface area contributed by atoms with Gasteiger partial charge in [0.25, 0.3) is 10.0 Å². The molecule has 0 amide bonds. The molecule has 0 heterocycles. The van der Waals surface area contributed by atoms with Gasteiger partial charge in [0.05, 0.1) is 35.9 Å². The Morgan fingerprint density at radius 3 is 2.40 bits per heavy atom. The maximum absolute atomic E-state index is 12.6. The fraction of sp³-hybridized carbons (Fsp3) is 0.294. The highest BCUT2D eigenvalue weighted by Crippen LogP contribution is 2.31. The Bertz CT molecular complexity index is 852. The van der Waals surface area contributed by atoms with Crippen LogP contribution in [-0.2, 0) is 16.4 Å². The molecule has 2 N–H and O–H groups in total. The van der Waals surface area contributed by atoms with Crippen molar-refractivity contribution in [2.75, 3.05) is 18.9 Å². The third-order valence-corrected chi connectivity index (χ3v) is 5.16. The number of nitrogens with one attached hydrogen (secondary N) is 1. The molecule has 0 saturated carbocycles. The Hall–Kier alpha value is -1.96. The zero-order valence-electron chi connectivity index (χ0n) is 14.1. The van der Waals surface area contributed by atoms with E-state index in [4.69, 9.17) is 21.1 Å². The highest BCUT2D eigenvalue weighted by molar-refractivity contribution is 7.92. The molecule has 136 valence electrons. The largest absolute Gasteiger partial charge is 0.493 e. The normalized spacial score (nSPS) is 12.5. The minimum absolute atomic E-state index is 0.0159. The molecule has 6 nitrogen and oxygen atoms in total. The van der Waals surface area contributed by atoms with E-state index in [-0.39, 0.29) is 15.6 Å². The summed E-state index contributed by atoms with van der Waals surface area (Å²) in [6, 6.07) is 9.23. The van der Waals surface area contributed by atoms with Gasteiger partial charge in [-0.2, -0.15) is 0 Å². The summed E-state index contributed by atoms with van der Waals surface area (Å²) in [5.74, 6) is 0.734. The molecule has 0 saturated heterocycles. The van der Waals surface area contributed by atoms with Gasteiger partial charge in [-0.05, 0) is 43.2 Å². The topological polar surface area (TPSA) is 84.9 Å². The van der Waals surface area contributed by atoms with Gasteiger partial charge in [-0.1, -0.05) is 17.7 Å². The van der Waals surface area contributed by atoms with Gasteiger partial charge >= 0.3 is 0 Å². The summed E-state index contributed by atoms with van der Waals surface area (Å²) in [5.41, 5.74) is 1.01. The van der Waals surface area contributed by atoms with Crippen LogP contribution >= 0.6 is 11.6 Å². The van der Waals surface area contributed by atoms with E-state index in [1.165, 1.54) is 32.4 Å². The number of halogens is 1. The lowest BCUT2D eigenvalue weighted by Crippen LogP contribution is -2.14. The summed E-state index contributed by atoms with van der Waals surface area (Å²) in [7, 11) is -0.973. The fourth-order valence-electron chi connectivity index (χ4n) is 2.31. The van der Waals surface area contributed by atoms with Crippen molar-refractivity contribution >= 4 is 27.3 Å². The van der Waals surface area contributed by atoms with Gasteiger partial charge in [-0.15, -0.1) is 0 Å². The quantitative estimate of drug-likeness (QED) is 0.765. The lowest BCUT2D eigenvalue weighted by Gasteiger charge is -2.14. The second kappa shape index (κ2) is 7.95. The molecule has 8 heteroatoms. The third kappa shape index (κ3) is 4.78. The number of aliphatic hydroxyl groups is 1. The zero-order valence-corrected chi connectivity index (χ0v) is 15.7. The smallest absolute Gasteiger partial charge is 0.262 e. The van der Waals surface area contributed by atoms with Crippen molar-refractivity contribution in [3.63, 3.8) is 0 Å². The van der Waals surface area contributed by atoms with Gasteiger partial charge in [0.2, 0.25) is 0 Å². The van der Waals surface area contributed by atoms with Crippen LogP contribution in [-0.4, -0.2) is 33.8 Å². The fourth-order valence-corrected chi connectivity index (χ4v) is 3.61. The van der Waals surface area contributed by atoms with Crippen molar-refractivity contribution in [3.8, 4) is 11.5 Å². The molecule has 2 rings (SSSR count). The second-order valence-corrected chi connectivity index (χ2v) is 7.58. The molecule has 0 aliphatic carbocycles. The van der Waals surface area contributed by atoms with E-state index >= 15 is 0 Å². The number of ether oxygens (including phenoxy) is 2. The lowest BCUT2D eigenvalue weighted by atomic mass is 10.1. The molecule has 2 aromatic carbocycles. The van der Waals surface area contributed by atoms with Crippen LogP contribution in [0.5, 0.6) is 11.5 Å². The third-order valence-electron chi connectivity index (χ3n) is 3.47. The Morgan fingerprint density at radius 1 is 1.12 bits per heavy atom. The number of aliphatic hydroxyl groups excluding tert-OH is 1. The van der Waals surface area contributed by atoms with Gasteiger partial charge in [0.15, 0.2) is 11.5 Å². The number of methoxy groups -OCH3 is 2. The minimum Gasteiger partial charge on any atom is -0.493 e. The first-order chi connectivity index (χ1) is 11.8. The van der Waals surface area contributed by atoms with Crippen molar-refractivity contribution < 1.29 is 23.0 Å². The van der Waals surface area contributed by atoms with Gasteiger partial charge in [0.1, 0.15) is 0 Å². The van der Waals surface area contributed by atoms with Gasteiger partial charge in [-0.3, -0.25) is 4.72 Å². The highest BCUT2D eigenvalue weighted by atomic mass is 35.5. The molecule has 0 spiro atoms. The Labute approximate surface area is 152 Å². The molecule has 2 aromatic rings. The van der Waals surface area contributed by atoms with E-state index in [1.54, 1.807) is 25.1 Å². The van der Waals surface area contributed by atoms with Crippen LogP contribution < -0.4 is 14.2 Å². The van der Waals surface area contributed by atoms with E-state index in [0.29, 0.717) is 17.9 Å². The van der Waals surface area contributed by atoms with Crippen molar-refractivity contribution in [2.24, 2.45) is 0 Å². The van der Waals surface area contributed by atoms with Crippen LogP contribution in [0.4, 0.5) is 5.69 Å². The number of benzene rings is 2. The summed E-state index contributed by atoms with van der Waals surface area (Å²) in [6.07, 6.45) is -0.154. The van der Waals surface area contributed by atoms with E-state index in [1.807, 2.05) is 0 Å². The van der Waals surface area contributed by atoms with Crippen LogP contribution in [0.15, 0.2) is 41.3 Å². The first-order valence-corrected chi connectivity index (χ1v) is 9.34. The molecule has 0 aliphatic heterocycles. The molecule has 0 radical (unpaired) electrons. The van der Waals surface area contributed by atoms with Crippen molar-refractivity contribution in [2.45, 2.75) is 24.3 Å². The standard InChI is InChI=1S/C17H20ClNO5S/c1-11(20)8-12-4-6-14(18)15(9-12)19-25(21,22)13-5-7-16(23-2)17(10-13)24-3/h4-7,9-11,19-20H,8H2,1-3H3. The van der Waals surface area contributed by atoms with E-state index in [0.717, 1.165) is 5.56 Å². The molecular weight excluding hydrogens is 366 g/mol. The number of hydrogen-bond donors (Lipinski definition) is 2. The molecule has 0 aromatic heterocycles. The Kier molecular flexibility index (Phi) is 6.16. The second-order valence-electron chi connectivity index (χ2n) is 5.49. The van der Waals surface area contributed by atoms with Crippen LogP contribution in [0.3, 0.4) is 0 Å². The number of sulfonamides is 1. The highest BCUT2D eigenvalue weighted by Gasteiger charge is 2.19. The molecule has 1 atom stereocenters. The van der Waals surface area contributed by atoms with Crippen LogP contribution in [0.2, 0.25) is 5.02 Å². The van der Waals surface area contributed by atoms with Crippen molar-refractivity contribution in [3.05, 3.63) is 47.0 Å². The Balaban J connectivity index is 2.35. The molecule has 0 fully saturated rings. The first kappa shape index (κ1) is 19.4. The average Bonchev–Trinajstić information content (AvgIpc) is 2.56. The molecule has 0 aliphatic rings. The average molecular weight is 386 g/mol. The van der Waals surface area contributed by atoms with Crippen molar-refractivity contribution in [1.29, 1.82) is 0 Å². The summed E-state index contributed by atoms with van der Waals surface area (Å²) in [4.78, 5) is 0.0159. The predicted molar refractivity (Wildman–Crippen MR) is 97.2 cm³/mol. The molecule has 25 heavy (non-hydrogen) atoms. The molecule has 0 bridgehead atoms. The Morgan fingerprint density at radius 2 is 1.80 bits per heavy atom. The number of rotatable bonds is 7. The van der Waals surface area contributed by atoms with Gasteiger partial charge in [-0.25, -0.2) is 8.42 Å². The van der Waals surface area contributed by atoms with E-state index < -0.39 is 16.1 Å². The van der Waals surface area contributed by atoms with E-state index in [2.05, 4.69) is 4.72 Å². The summed E-state index contributed by atoms with van der Waals surface area (Å²) in [6.45, 7) is 1.65. The lowest BCUT2D eigenvalue weighted by molar-refractivity contribution is 0.195. The zero-order chi connectivity index (χ0) is 18.6. The first-order valence-electron chi connectivity index (χ1n) is 7.48. The number of anilines is 1. The maximum atomic E-state index is 12.6. The van der Waals surface area contributed by atoms with Crippen LogP contribution in [0, 0.1) is 0 Å². The monoisotopic (exact) mass is 385 g/mol. The maximum Gasteiger partial charge on any atom is 0.262 e. The predicted octanol–water partition coefficient (Wildman–Crippen LogP) is 3.08. The molecular formula is C17H20ClNO5S. The van der Waals surface area contributed by atoms with Gasteiger partial charge in [0, 0.05) is 6.07 Å². The van der Waals surface area contributed by atoms with Crippen LogP contribution in [0.25, 0.3) is 0 Å². The van der Waals surface area contributed by atoms with Crippen molar-refractivity contribution in [1.82, 2.24) is 0 Å². The summed E-state index contributed by atoms with van der Waals surface area (Å²) in [5, 5.41) is 9.75. The van der Waals surface area contributed by atoms with Gasteiger partial charge < -0.3 is 14.6 Å². The SMILES string of the molecule is COc1ccc(S(=O)(=O)Nc2cc(CC(C)O)ccc2Cl)cc1OC. The van der Waals surface area contributed by atoms with E-state index in [9.17, 15) is 13.5 Å². The minimum atomic E-state index is -3.87. The summed E-state index contributed by atoms with van der Waals surface area (Å²) < 4.78 is 38.0. The number of hydrogen-bond acceptors (Lipinski definition) is 5.